The Kier molecular flexibility index (Phi) is 7.94. The lowest BCUT2D eigenvalue weighted by atomic mass is 10.0. The number of carbonyl (C=O) groups excluding carboxylic acids is 1. The largest absolute Gasteiger partial charge is 0.479 e. The summed E-state index contributed by atoms with van der Waals surface area (Å²) in [6.07, 6.45) is 6.01. The molecule has 0 aliphatic carbocycles. The van der Waals surface area contributed by atoms with Gasteiger partial charge in [-0.2, -0.15) is 0 Å². The maximum absolute atomic E-state index is 12.0. The van der Waals surface area contributed by atoms with Gasteiger partial charge in [-0.3, -0.25) is 4.98 Å². The standard InChI is InChI=1S/C24H33N3O3/c1-4-7-21-18-26(19-12-14-25-15-13-19)16-17-27(21)20-8-10-22(11-9-20)30-23(5-2)24(28)29-6-3/h8-15,21,23H,4-7,16-18H2,1-3H3. The number of hydrogen-bond donors (Lipinski definition) is 0. The summed E-state index contributed by atoms with van der Waals surface area (Å²) in [4.78, 5) is 21.1. The van der Waals surface area contributed by atoms with Gasteiger partial charge in [0.25, 0.3) is 0 Å². The van der Waals surface area contributed by atoms with E-state index in [0.717, 1.165) is 32.5 Å². The first-order chi connectivity index (χ1) is 14.7. The van der Waals surface area contributed by atoms with Crippen LogP contribution in [0.25, 0.3) is 0 Å². The van der Waals surface area contributed by atoms with Crippen LogP contribution in [-0.4, -0.2) is 49.3 Å². The summed E-state index contributed by atoms with van der Waals surface area (Å²) in [5.41, 5.74) is 2.43. The fourth-order valence-electron chi connectivity index (χ4n) is 3.98. The number of hydrogen-bond acceptors (Lipinski definition) is 6. The van der Waals surface area contributed by atoms with E-state index in [9.17, 15) is 4.79 Å². The van der Waals surface area contributed by atoms with Crippen molar-refractivity contribution < 1.29 is 14.3 Å². The van der Waals surface area contributed by atoms with E-state index < -0.39 is 6.10 Å². The summed E-state index contributed by atoms with van der Waals surface area (Å²) in [5, 5.41) is 0. The van der Waals surface area contributed by atoms with E-state index in [4.69, 9.17) is 9.47 Å². The Hall–Kier alpha value is -2.76. The summed E-state index contributed by atoms with van der Waals surface area (Å²) in [7, 11) is 0. The summed E-state index contributed by atoms with van der Waals surface area (Å²) in [5.74, 6) is 0.389. The number of piperazine rings is 1. The molecule has 1 saturated heterocycles. The summed E-state index contributed by atoms with van der Waals surface area (Å²) in [6.45, 7) is 9.27. The van der Waals surface area contributed by atoms with Crippen LogP contribution in [0.5, 0.6) is 5.75 Å². The van der Waals surface area contributed by atoms with Crippen LogP contribution in [0.2, 0.25) is 0 Å². The van der Waals surface area contributed by atoms with Crippen molar-refractivity contribution in [2.75, 3.05) is 36.0 Å². The van der Waals surface area contributed by atoms with Gasteiger partial charge in [-0.05, 0) is 56.2 Å². The molecule has 30 heavy (non-hydrogen) atoms. The Morgan fingerprint density at radius 3 is 2.43 bits per heavy atom. The van der Waals surface area contributed by atoms with Gasteiger partial charge >= 0.3 is 5.97 Å². The molecule has 1 aliphatic rings. The molecular weight excluding hydrogens is 378 g/mol. The van der Waals surface area contributed by atoms with Gasteiger partial charge in [-0.25, -0.2) is 4.79 Å². The average molecular weight is 412 g/mol. The fraction of sp³-hybridized carbons (Fsp3) is 0.500. The van der Waals surface area contributed by atoms with E-state index in [1.165, 1.54) is 11.4 Å². The lowest BCUT2D eigenvalue weighted by Gasteiger charge is -2.44. The van der Waals surface area contributed by atoms with Crippen molar-refractivity contribution in [2.45, 2.75) is 52.2 Å². The summed E-state index contributed by atoms with van der Waals surface area (Å²) in [6, 6.07) is 12.7. The Morgan fingerprint density at radius 2 is 1.80 bits per heavy atom. The van der Waals surface area contributed by atoms with Crippen molar-refractivity contribution in [1.29, 1.82) is 0 Å². The molecule has 1 fully saturated rings. The molecule has 2 atom stereocenters. The van der Waals surface area contributed by atoms with E-state index in [2.05, 4.69) is 46.0 Å². The minimum atomic E-state index is -0.562. The van der Waals surface area contributed by atoms with Crippen molar-refractivity contribution >= 4 is 17.3 Å². The molecule has 0 spiro atoms. The van der Waals surface area contributed by atoms with Crippen molar-refractivity contribution in [2.24, 2.45) is 0 Å². The van der Waals surface area contributed by atoms with Crippen LogP contribution < -0.4 is 14.5 Å². The minimum Gasteiger partial charge on any atom is -0.479 e. The zero-order valence-electron chi connectivity index (χ0n) is 18.3. The second kappa shape index (κ2) is 10.9. The number of rotatable bonds is 9. The molecule has 1 aromatic heterocycles. The molecule has 0 N–H and O–H groups in total. The third-order valence-corrected chi connectivity index (χ3v) is 5.50. The zero-order chi connectivity index (χ0) is 21.3. The van der Waals surface area contributed by atoms with Gasteiger partial charge in [0.2, 0.25) is 0 Å². The second-order valence-electron chi connectivity index (χ2n) is 7.55. The van der Waals surface area contributed by atoms with Gasteiger partial charge < -0.3 is 19.3 Å². The molecule has 6 heteroatoms. The van der Waals surface area contributed by atoms with Crippen LogP contribution in [0.1, 0.15) is 40.0 Å². The number of ether oxygens (including phenoxy) is 2. The van der Waals surface area contributed by atoms with Crippen LogP contribution in [0.3, 0.4) is 0 Å². The van der Waals surface area contributed by atoms with Crippen molar-refractivity contribution in [3.8, 4) is 5.75 Å². The van der Waals surface area contributed by atoms with Crippen LogP contribution >= 0.6 is 0 Å². The van der Waals surface area contributed by atoms with Gasteiger partial charge in [-0.1, -0.05) is 20.3 Å². The topological polar surface area (TPSA) is 54.9 Å². The smallest absolute Gasteiger partial charge is 0.347 e. The molecule has 6 nitrogen and oxygen atoms in total. The number of aromatic nitrogens is 1. The molecule has 2 unspecified atom stereocenters. The van der Waals surface area contributed by atoms with E-state index in [1.54, 1.807) is 6.92 Å². The minimum absolute atomic E-state index is 0.306. The lowest BCUT2D eigenvalue weighted by Crippen LogP contribution is -2.53. The molecule has 162 valence electrons. The zero-order valence-corrected chi connectivity index (χ0v) is 18.3. The monoisotopic (exact) mass is 411 g/mol. The van der Waals surface area contributed by atoms with E-state index in [-0.39, 0.29) is 5.97 Å². The Morgan fingerprint density at radius 1 is 1.07 bits per heavy atom. The van der Waals surface area contributed by atoms with E-state index >= 15 is 0 Å². The average Bonchev–Trinajstić information content (AvgIpc) is 2.79. The predicted octanol–water partition coefficient (Wildman–Crippen LogP) is 4.30. The third-order valence-electron chi connectivity index (χ3n) is 5.50. The first-order valence-corrected chi connectivity index (χ1v) is 11.0. The molecule has 0 amide bonds. The first-order valence-electron chi connectivity index (χ1n) is 11.0. The molecule has 1 aromatic carbocycles. The summed E-state index contributed by atoms with van der Waals surface area (Å²) >= 11 is 0. The molecular formula is C24H33N3O3. The third kappa shape index (κ3) is 5.43. The van der Waals surface area contributed by atoms with Crippen LogP contribution in [0.4, 0.5) is 11.4 Å². The van der Waals surface area contributed by atoms with Crippen LogP contribution in [-0.2, 0) is 9.53 Å². The number of esters is 1. The van der Waals surface area contributed by atoms with E-state index in [0.29, 0.717) is 24.8 Å². The Balaban J connectivity index is 1.68. The highest BCUT2D eigenvalue weighted by molar-refractivity contribution is 5.75. The SMILES string of the molecule is CCCC1CN(c2ccncc2)CCN1c1ccc(OC(CC)C(=O)OCC)cc1. The maximum Gasteiger partial charge on any atom is 0.347 e. The molecule has 1 aliphatic heterocycles. The van der Waals surface area contributed by atoms with Crippen molar-refractivity contribution in [1.82, 2.24) is 4.98 Å². The highest BCUT2D eigenvalue weighted by Crippen LogP contribution is 2.28. The van der Waals surface area contributed by atoms with Gasteiger partial charge in [0.05, 0.1) is 6.61 Å². The molecule has 0 saturated carbocycles. The quantitative estimate of drug-likeness (QED) is 0.574. The Bertz CT molecular complexity index is 782. The van der Waals surface area contributed by atoms with E-state index in [1.807, 2.05) is 31.5 Å². The first kappa shape index (κ1) is 21.9. The number of pyridine rings is 1. The number of nitrogens with zero attached hydrogens (tertiary/aromatic N) is 3. The molecule has 2 heterocycles. The van der Waals surface area contributed by atoms with Crippen molar-refractivity contribution in [3.05, 3.63) is 48.8 Å². The molecule has 2 aromatic rings. The number of carbonyl (C=O) groups is 1. The van der Waals surface area contributed by atoms with Gasteiger partial charge in [-0.15, -0.1) is 0 Å². The number of benzene rings is 1. The van der Waals surface area contributed by atoms with Gasteiger partial charge in [0.1, 0.15) is 5.75 Å². The Labute approximate surface area is 179 Å². The van der Waals surface area contributed by atoms with Gasteiger partial charge in [0.15, 0.2) is 6.10 Å². The lowest BCUT2D eigenvalue weighted by molar-refractivity contribution is -0.151. The predicted molar refractivity (Wildman–Crippen MR) is 120 cm³/mol. The number of anilines is 2. The normalized spacial score (nSPS) is 17.5. The highest BCUT2D eigenvalue weighted by Gasteiger charge is 2.27. The molecule has 0 radical (unpaired) electrons. The molecule has 3 rings (SSSR count). The molecule has 0 bridgehead atoms. The fourth-order valence-corrected chi connectivity index (χ4v) is 3.98. The highest BCUT2D eigenvalue weighted by atomic mass is 16.6. The van der Waals surface area contributed by atoms with Gasteiger partial charge in [0, 0.05) is 49.4 Å². The maximum atomic E-state index is 12.0. The second-order valence-corrected chi connectivity index (χ2v) is 7.55. The van der Waals surface area contributed by atoms with Crippen molar-refractivity contribution in [3.63, 3.8) is 0 Å². The van der Waals surface area contributed by atoms with Crippen LogP contribution in [0.15, 0.2) is 48.8 Å². The van der Waals surface area contributed by atoms with Crippen LogP contribution in [0, 0.1) is 0 Å². The summed E-state index contributed by atoms with van der Waals surface area (Å²) < 4.78 is 11.0.